The van der Waals surface area contributed by atoms with Crippen molar-refractivity contribution in [1.29, 1.82) is 0 Å². The first-order valence-corrected chi connectivity index (χ1v) is 8.14. The van der Waals surface area contributed by atoms with Gasteiger partial charge in [-0.25, -0.2) is 9.37 Å². The van der Waals surface area contributed by atoms with Crippen molar-refractivity contribution in [2.45, 2.75) is 26.2 Å². The summed E-state index contributed by atoms with van der Waals surface area (Å²) in [6.07, 6.45) is 3.27. The number of amides is 1. The number of carbonyl (C=O) groups excluding carboxylic acids is 1. The SMILES string of the molecule is Cc1cc(OCC(=O)N2CCCCC2)nc(-c2ccc(F)cc2)n1. The lowest BCUT2D eigenvalue weighted by atomic mass is 10.1. The highest BCUT2D eigenvalue weighted by Gasteiger charge is 2.17. The van der Waals surface area contributed by atoms with Gasteiger partial charge < -0.3 is 9.64 Å². The minimum absolute atomic E-state index is 0.0192. The van der Waals surface area contributed by atoms with Crippen LogP contribution in [0.1, 0.15) is 25.0 Å². The molecule has 0 atom stereocenters. The van der Waals surface area contributed by atoms with Gasteiger partial charge in [0, 0.05) is 30.4 Å². The lowest BCUT2D eigenvalue weighted by Gasteiger charge is -2.26. The third-order valence-electron chi connectivity index (χ3n) is 3.99. The van der Waals surface area contributed by atoms with Gasteiger partial charge in [0.05, 0.1) is 0 Å². The second kappa shape index (κ2) is 7.38. The Morgan fingerprint density at radius 2 is 1.88 bits per heavy atom. The third-order valence-corrected chi connectivity index (χ3v) is 3.99. The molecule has 3 rings (SSSR count). The molecule has 1 aliphatic heterocycles. The van der Waals surface area contributed by atoms with E-state index in [1.165, 1.54) is 18.6 Å². The molecule has 0 aliphatic carbocycles. The number of rotatable bonds is 4. The molecule has 0 unspecified atom stereocenters. The highest BCUT2D eigenvalue weighted by molar-refractivity contribution is 5.77. The van der Waals surface area contributed by atoms with E-state index < -0.39 is 0 Å². The lowest BCUT2D eigenvalue weighted by molar-refractivity contribution is -0.134. The Kier molecular flexibility index (Phi) is 5.03. The molecule has 24 heavy (non-hydrogen) atoms. The van der Waals surface area contributed by atoms with Crippen LogP contribution in [0.3, 0.4) is 0 Å². The Morgan fingerprint density at radius 3 is 2.58 bits per heavy atom. The summed E-state index contributed by atoms with van der Waals surface area (Å²) in [4.78, 5) is 22.7. The first kappa shape index (κ1) is 16.4. The molecule has 1 aromatic carbocycles. The maximum absolute atomic E-state index is 13.0. The number of likely N-dealkylation sites (tertiary alicyclic amines) is 1. The predicted octanol–water partition coefficient (Wildman–Crippen LogP) is 2.98. The summed E-state index contributed by atoms with van der Waals surface area (Å²) in [5.74, 6) is 0.479. The minimum Gasteiger partial charge on any atom is -0.467 e. The number of carbonyl (C=O) groups is 1. The van der Waals surface area contributed by atoms with Crippen LogP contribution in [0.5, 0.6) is 5.88 Å². The molecule has 0 radical (unpaired) electrons. The van der Waals surface area contributed by atoms with Crippen LogP contribution in [0.25, 0.3) is 11.4 Å². The van der Waals surface area contributed by atoms with Gasteiger partial charge in [-0.3, -0.25) is 4.79 Å². The number of aromatic nitrogens is 2. The number of halogens is 1. The summed E-state index contributed by atoms with van der Waals surface area (Å²) in [6, 6.07) is 7.65. The lowest BCUT2D eigenvalue weighted by Crippen LogP contribution is -2.38. The van der Waals surface area contributed by atoms with Gasteiger partial charge in [0.15, 0.2) is 12.4 Å². The van der Waals surface area contributed by atoms with Crippen molar-refractivity contribution >= 4 is 5.91 Å². The van der Waals surface area contributed by atoms with Gasteiger partial charge in [-0.15, -0.1) is 0 Å². The zero-order valence-corrected chi connectivity index (χ0v) is 13.7. The predicted molar refractivity (Wildman–Crippen MR) is 88.1 cm³/mol. The quantitative estimate of drug-likeness (QED) is 0.865. The van der Waals surface area contributed by atoms with Crippen LogP contribution in [0, 0.1) is 12.7 Å². The Balaban J connectivity index is 1.69. The van der Waals surface area contributed by atoms with Crippen LogP contribution in [0.4, 0.5) is 4.39 Å². The monoisotopic (exact) mass is 329 g/mol. The molecule has 2 aromatic rings. The van der Waals surface area contributed by atoms with Crippen LogP contribution in [-0.4, -0.2) is 40.5 Å². The first-order valence-electron chi connectivity index (χ1n) is 8.14. The molecule has 1 saturated heterocycles. The molecule has 0 saturated carbocycles. The number of hydrogen-bond donors (Lipinski definition) is 0. The fraction of sp³-hybridized carbons (Fsp3) is 0.389. The Morgan fingerprint density at radius 1 is 1.17 bits per heavy atom. The summed E-state index contributed by atoms with van der Waals surface area (Å²) in [5.41, 5.74) is 1.43. The summed E-state index contributed by atoms with van der Waals surface area (Å²) in [5, 5.41) is 0. The second-order valence-corrected chi connectivity index (χ2v) is 5.91. The van der Waals surface area contributed by atoms with Crippen LogP contribution in [-0.2, 0) is 4.79 Å². The summed E-state index contributed by atoms with van der Waals surface area (Å²) >= 11 is 0. The molecule has 0 spiro atoms. The molecule has 2 heterocycles. The largest absolute Gasteiger partial charge is 0.467 e. The maximum Gasteiger partial charge on any atom is 0.260 e. The highest BCUT2D eigenvalue weighted by atomic mass is 19.1. The molecule has 1 amide bonds. The third kappa shape index (κ3) is 4.07. The molecule has 1 aliphatic rings. The molecule has 5 nitrogen and oxygen atoms in total. The number of hydrogen-bond acceptors (Lipinski definition) is 4. The van der Waals surface area contributed by atoms with E-state index in [1.807, 2.05) is 11.8 Å². The van der Waals surface area contributed by atoms with Crippen molar-refractivity contribution in [2.24, 2.45) is 0 Å². The molecule has 6 heteroatoms. The van der Waals surface area contributed by atoms with E-state index in [2.05, 4.69) is 9.97 Å². The number of piperidine rings is 1. The zero-order chi connectivity index (χ0) is 16.9. The van der Waals surface area contributed by atoms with Gasteiger partial charge in [-0.05, 0) is 50.5 Å². The van der Waals surface area contributed by atoms with Gasteiger partial charge in [0.1, 0.15) is 5.82 Å². The Labute approximate surface area is 140 Å². The number of benzene rings is 1. The summed E-state index contributed by atoms with van der Waals surface area (Å²) in [6.45, 7) is 3.39. The van der Waals surface area contributed by atoms with E-state index in [0.717, 1.165) is 31.6 Å². The van der Waals surface area contributed by atoms with Crippen molar-refractivity contribution in [3.05, 3.63) is 41.8 Å². The normalized spacial score (nSPS) is 14.5. The van der Waals surface area contributed by atoms with Gasteiger partial charge in [-0.1, -0.05) is 0 Å². The molecular weight excluding hydrogens is 309 g/mol. The molecular formula is C18H20FN3O2. The minimum atomic E-state index is -0.310. The van der Waals surface area contributed by atoms with Gasteiger partial charge in [0.25, 0.3) is 5.91 Å². The zero-order valence-electron chi connectivity index (χ0n) is 13.7. The molecule has 0 N–H and O–H groups in total. The van der Waals surface area contributed by atoms with Gasteiger partial charge >= 0.3 is 0 Å². The van der Waals surface area contributed by atoms with Crippen molar-refractivity contribution in [3.63, 3.8) is 0 Å². The average Bonchev–Trinajstić information content (AvgIpc) is 2.60. The number of ether oxygens (including phenoxy) is 1. The van der Waals surface area contributed by atoms with E-state index in [0.29, 0.717) is 17.3 Å². The molecule has 126 valence electrons. The van der Waals surface area contributed by atoms with Crippen molar-refractivity contribution in [1.82, 2.24) is 14.9 Å². The van der Waals surface area contributed by atoms with Crippen molar-refractivity contribution < 1.29 is 13.9 Å². The molecule has 1 fully saturated rings. The number of aryl methyl sites for hydroxylation is 1. The van der Waals surface area contributed by atoms with Crippen LogP contribution < -0.4 is 4.74 Å². The van der Waals surface area contributed by atoms with Crippen LogP contribution in [0.2, 0.25) is 0 Å². The number of nitrogens with zero attached hydrogens (tertiary/aromatic N) is 3. The van der Waals surface area contributed by atoms with E-state index in [4.69, 9.17) is 4.74 Å². The average molecular weight is 329 g/mol. The van der Waals surface area contributed by atoms with E-state index in [9.17, 15) is 9.18 Å². The van der Waals surface area contributed by atoms with E-state index >= 15 is 0 Å². The van der Waals surface area contributed by atoms with Crippen LogP contribution >= 0.6 is 0 Å². The highest BCUT2D eigenvalue weighted by Crippen LogP contribution is 2.19. The van der Waals surface area contributed by atoms with E-state index in [-0.39, 0.29) is 18.3 Å². The first-order chi connectivity index (χ1) is 11.6. The van der Waals surface area contributed by atoms with E-state index in [1.54, 1.807) is 18.2 Å². The molecule has 1 aromatic heterocycles. The van der Waals surface area contributed by atoms with Crippen molar-refractivity contribution in [2.75, 3.05) is 19.7 Å². The van der Waals surface area contributed by atoms with Crippen LogP contribution in [0.15, 0.2) is 30.3 Å². The summed E-state index contributed by atoms with van der Waals surface area (Å²) < 4.78 is 18.6. The fourth-order valence-electron chi connectivity index (χ4n) is 2.71. The topological polar surface area (TPSA) is 55.3 Å². The Hall–Kier alpha value is -2.50. The fourth-order valence-corrected chi connectivity index (χ4v) is 2.71. The maximum atomic E-state index is 13.0. The smallest absolute Gasteiger partial charge is 0.260 e. The van der Waals surface area contributed by atoms with Gasteiger partial charge in [0.2, 0.25) is 5.88 Å². The molecule has 0 bridgehead atoms. The Bertz CT molecular complexity index is 713. The van der Waals surface area contributed by atoms with Gasteiger partial charge in [-0.2, -0.15) is 4.98 Å². The second-order valence-electron chi connectivity index (χ2n) is 5.91. The standard InChI is InChI=1S/C18H20FN3O2/c1-13-11-16(24-12-17(23)22-9-3-2-4-10-22)21-18(20-13)14-5-7-15(19)8-6-14/h5-8,11H,2-4,9-10,12H2,1H3. The summed E-state index contributed by atoms with van der Waals surface area (Å²) in [7, 11) is 0. The van der Waals surface area contributed by atoms with Crippen molar-refractivity contribution in [3.8, 4) is 17.3 Å².